The summed E-state index contributed by atoms with van der Waals surface area (Å²) >= 11 is 14.3. The lowest BCUT2D eigenvalue weighted by molar-refractivity contribution is 0.917. The van der Waals surface area contributed by atoms with E-state index in [1.165, 1.54) is 16.9 Å². The molecule has 0 saturated heterocycles. The fourth-order valence-corrected chi connectivity index (χ4v) is 5.10. The molecule has 0 aliphatic heterocycles. The SMILES string of the molecule is Cc1cc(C)c(Nc2nc(Cl)nc3sc4c(c23)CCC4)c(Cl)c1. The maximum absolute atomic E-state index is 6.43. The monoisotopic (exact) mass is 363 g/mol. The molecule has 1 aliphatic carbocycles. The Balaban J connectivity index is 1.89. The average molecular weight is 364 g/mol. The fraction of sp³-hybridized carbons (Fsp3) is 0.294. The van der Waals surface area contributed by atoms with E-state index in [0.29, 0.717) is 5.02 Å². The Morgan fingerprint density at radius 1 is 1.13 bits per heavy atom. The van der Waals surface area contributed by atoms with Crippen LogP contribution in [0.4, 0.5) is 11.5 Å². The molecule has 4 rings (SSSR count). The molecule has 3 nitrogen and oxygen atoms in total. The predicted octanol–water partition coefficient (Wildman–Crippen LogP) is 5.85. The third-order valence-electron chi connectivity index (χ3n) is 4.21. The van der Waals surface area contributed by atoms with Crippen molar-refractivity contribution in [3.63, 3.8) is 0 Å². The van der Waals surface area contributed by atoms with Crippen molar-refractivity contribution in [1.82, 2.24) is 9.97 Å². The molecule has 0 bridgehead atoms. The van der Waals surface area contributed by atoms with Crippen molar-refractivity contribution in [2.24, 2.45) is 0 Å². The van der Waals surface area contributed by atoms with Crippen LogP contribution in [0.3, 0.4) is 0 Å². The van der Waals surface area contributed by atoms with Gasteiger partial charge in [0.1, 0.15) is 10.6 Å². The highest BCUT2D eigenvalue weighted by Gasteiger charge is 2.22. The molecule has 0 fully saturated rings. The number of nitrogens with zero attached hydrogens (tertiary/aromatic N) is 2. The number of nitrogens with one attached hydrogen (secondary N) is 1. The van der Waals surface area contributed by atoms with Crippen molar-refractivity contribution >= 4 is 56.3 Å². The number of thiophene rings is 1. The van der Waals surface area contributed by atoms with Crippen molar-refractivity contribution in [3.05, 3.63) is 44.0 Å². The van der Waals surface area contributed by atoms with Gasteiger partial charge < -0.3 is 5.32 Å². The first-order valence-electron chi connectivity index (χ1n) is 7.54. The number of benzene rings is 1. The minimum Gasteiger partial charge on any atom is -0.338 e. The Labute approximate surface area is 148 Å². The van der Waals surface area contributed by atoms with E-state index in [9.17, 15) is 0 Å². The maximum atomic E-state index is 6.43. The molecule has 0 spiro atoms. The number of hydrogen-bond donors (Lipinski definition) is 1. The van der Waals surface area contributed by atoms with Crippen molar-refractivity contribution in [2.45, 2.75) is 33.1 Å². The van der Waals surface area contributed by atoms with Gasteiger partial charge in [0.25, 0.3) is 0 Å². The highest BCUT2D eigenvalue weighted by molar-refractivity contribution is 7.19. The molecular weight excluding hydrogens is 349 g/mol. The largest absolute Gasteiger partial charge is 0.338 e. The summed E-state index contributed by atoms with van der Waals surface area (Å²) < 4.78 is 0. The molecule has 1 aliphatic rings. The fourth-order valence-electron chi connectivity index (χ4n) is 3.25. The normalized spacial score (nSPS) is 13.6. The van der Waals surface area contributed by atoms with Gasteiger partial charge in [-0.05, 0) is 67.5 Å². The van der Waals surface area contributed by atoms with Crippen LogP contribution in [-0.2, 0) is 12.8 Å². The molecule has 6 heteroatoms. The third kappa shape index (κ3) is 2.59. The van der Waals surface area contributed by atoms with Crippen LogP contribution >= 0.6 is 34.5 Å². The summed E-state index contributed by atoms with van der Waals surface area (Å²) in [4.78, 5) is 11.2. The molecule has 2 aromatic heterocycles. The summed E-state index contributed by atoms with van der Waals surface area (Å²) in [7, 11) is 0. The highest BCUT2D eigenvalue weighted by Crippen LogP contribution is 2.41. The Morgan fingerprint density at radius 3 is 2.74 bits per heavy atom. The summed E-state index contributed by atoms with van der Waals surface area (Å²) in [5, 5.41) is 5.46. The van der Waals surface area contributed by atoms with Crippen LogP contribution in [0.15, 0.2) is 12.1 Å². The molecule has 0 atom stereocenters. The van der Waals surface area contributed by atoms with E-state index < -0.39 is 0 Å². The van der Waals surface area contributed by atoms with Crippen LogP contribution in [0.5, 0.6) is 0 Å². The molecular formula is C17H15Cl2N3S. The van der Waals surface area contributed by atoms with Crippen LogP contribution in [0.25, 0.3) is 10.2 Å². The van der Waals surface area contributed by atoms with E-state index in [1.807, 2.05) is 19.9 Å². The van der Waals surface area contributed by atoms with Crippen LogP contribution in [0.2, 0.25) is 10.3 Å². The first-order valence-corrected chi connectivity index (χ1v) is 9.11. The van der Waals surface area contributed by atoms with Gasteiger partial charge in [-0.15, -0.1) is 11.3 Å². The number of halogens is 2. The van der Waals surface area contributed by atoms with Gasteiger partial charge in [0.2, 0.25) is 5.28 Å². The average Bonchev–Trinajstić information content (AvgIpc) is 3.02. The van der Waals surface area contributed by atoms with E-state index in [2.05, 4.69) is 21.4 Å². The van der Waals surface area contributed by atoms with Gasteiger partial charge in [-0.25, -0.2) is 4.98 Å². The molecule has 0 radical (unpaired) electrons. The smallest absolute Gasteiger partial charge is 0.225 e. The van der Waals surface area contributed by atoms with Crippen molar-refractivity contribution in [2.75, 3.05) is 5.32 Å². The number of aryl methyl sites for hydroxylation is 4. The number of rotatable bonds is 2. The Bertz CT molecular complexity index is 910. The number of hydrogen-bond acceptors (Lipinski definition) is 4. The zero-order chi connectivity index (χ0) is 16.1. The topological polar surface area (TPSA) is 37.8 Å². The predicted molar refractivity (Wildman–Crippen MR) is 98.7 cm³/mol. The van der Waals surface area contributed by atoms with Crippen LogP contribution < -0.4 is 5.32 Å². The van der Waals surface area contributed by atoms with Gasteiger partial charge in [-0.3, -0.25) is 0 Å². The molecule has 0 saturated carbocycles. The van der Waals surface area contributed by atoms with E-state index in [-0.39, 0.29) is 5.28 Å². The van der Waals surface area contributed by atoms with Crippen molar-refractivity contribution in [3.8, 4) is 0 Å². The summed E-state index contributed by atoms with van der Waals surface area (Å²) in [5.74, 6) is 0.758. The lowest BCUT2D eigenvalue weighted by Gasteiger charge is -2.13. The van der Waals surface area contributed by atoms with Gasteiger partial charge in [0.15, 0.2) is 0 Å². The lowest BCUT2D eigenvalue weighted by Crippen LogP contribution is -2.00. The minimum atomic E-state index is 0.265. The van der Waals surface area contributed by atoms with Gasteiger partial charge in [-0.2, -0.15) is 4.98 Å². The van der Waals surface area contributed by atoms with Gasteiger partial charge in [0.05, 0.1) is 16.1 Å². The molecule has 2 heterocycles. The van der Waals surface area contributed by atoms with Gasteiger partial charge in [-0.1, -0.05) is 17.7 Å². The van der Waals surface area contributed by atoms with Crippen molar-refractivity contribution in [1.29, 1.82) is 0 Å². The Hall–Kier alpha value is -1.36. The molecule has 1 aromatic carbocycles. The van der Waals surface area contributed by atoms with Crippen LogP contribution in [-0.4, -0.2) is 9.97 Å². The highest BCUT2D eigenvalue weighted by atomic mass is 35.5. The summed E-state index contributed by atoms with van der Waals surface area (Å²) in [6, 6.07) is 4.06. The maximum Gasteiger partial charge on any atom is 0.225 e. The van der Waals surface area contributed by atoms with E-state index in [1.54, 1.807) is 11.3 Å². The number of anilines is 2. The first kappa shape index (κ1) is 15.2. The van der Waals surface area contributed by atoms with E-state index in [4.69, 9.17) is 23.2 Å². The van der Waals surface area contributed by atoms with Crippen LogP contribution in [0, 0.1) is 13.8 Å². The second-order valence-corrected chi connectivity index (χ2v) is 7.77. The second kappa shape index (κ2) is 5.62. The third-order valence-corrected chi connectivity index (χ3v) is 5.87. The molecule has 3 aromatic rings. The quantitative estimate of drug-likeness (QED) is 0.580. The standard InChI is InChI=1S/C17H15Cl2N3S/c1-8-6-9(2)14(11(18)7-8)20-15-13-10-4-3-5-12(10)23-16(13)22-17(19)21-15/h6-7H,3-5H2,1-2H3,(H,20,21,22). The van der Waals surface area contributed by atoms with Crippen molar-refractivity contribution < 1.29 is 0 Å². The first-order chi connectivity index (χ1) is 11.0. The number of fused-ring (bicyclic) bond motifs is 3. The zero-order valence-electron chi connectivity index (χ0n) is 12.8. The molecule has 0 amide bonds. The van der Waals surface area contributed by atoms with Gasteiger partial charge in [0, 0.05) is 4.88 Å². The van der Waals surface area contributed by atoms with E-state index in [0.717, 1.165) is 45.7 Å². The van der Waals surface area contributed by atoms with E-state index >= 15 is 0 Å². The number of aromatic nitrogens is 2. The summed E-state index contributed by atoms with van der Waals surface area (Å²) in [6.45, 7) is 4.08. The Morgan fingerprint density at radius 2 is 1.96 bits per heavy atom. The molecule has 23 heavy (non-hydrogen) atoms. The van der Waals surface area contributed by atoms with Gasteiger partial charge >= 0.3 is 0 Å². The second-order valence-electron chi connectivity index (χ2n) is 5.94. The molecule has 118 valence electrons. The van der Waals surface area contributed by atoms with Crippen LogP contribution in [0.1, 0.15) is 28.0 Å². The minimum absolute atomic E-state index is 0.265. The molecule has 0 unspecified atom stereocenters. The lowest BCUT2D eigenvalue weighted by atomic mass is 10.1. The molecule has 1 N–H and O–H groups in total. The Kier molecular flexibility index (Phi) is 3.71. The summed E-state index contributed by atoms with van der Waals surface area (Å²) in [6.07, 6.45) is 3.40. The summed E-state index contributed by atoms with van der Waals surface area (Å²) in [5.41, 5.74) is 4.47. The zero-order valence-corrected chi connectivity index (χ0v) is 15.2.